The lowest BCUT2D eigenvalue weighted by molar-refractivity contribution is 0.340. The van der Waals surface area contributed by atoms with Crippen LogP contribution in [0.25, 0.3) is 0 Å². The van der Waals surface area contributed by atoms with Crippen molar-refractivity contribution in [2.45, 2.75) is 38.6 Å². The number of nitrogens with one attached hydrogen (secondary N) is 1. The summed E-state index contributed by atoms with van der Waals surface area (Å²) in [7, 11) is 0. The van der Waals surface area contributed by atoms with Crippen molar-refractivity contribution in [1.82, 2.24) is 0 Å². The first kappa shape index (κ1) is 12.8. The Morgan fingerprint density at radius 3 is 3.00 bits per heavy atom. The van der Waals surface area contributed by atoms with Gasteiger partial charge in [-0.2, -0.15) is 5.26 Å². The summed E-state index contributed by atoms with van der Waals surface area (Å²) in [6, 6.07) is 10.7. The summed E-state index contributed by atoms with van der Waals surface area (Å²) >= 11 is 0. The van der Waals surface area contributed by atoms with Crippen LogP contribution in [0.4, 0.5) is 5.69 Å². The third-order valence-electron chi connectivity index (χ3n) is 3.43. The highest BCUT2D eigenvalue weighted by Gasteiger charge is 2.24. The van der Waals surface area contributed by atoms with Gasteiger partial charge in [-0.05, 0) is 31.9 Å². The van der Waals surface area contributed by atoms with Crippen LogP contribution in [-0.2, 0) is 0 Å². The van der Waals surface area contributed by atoms with E-state index in [1.54, 1.807) is 0 Å². The van der Waals surface area contributed by atoms with Gasteiger partial charge >= 0.3 is 0 Å². The Kier molecular flexibility index (Phi) is 4.46. The first-order valence-corrected chi connectivity index (χ1v) is 6.72. The van der Waals surface area contributed by atoms with Crippen LogP contribution in [0.3, 0.4) is 0 Å². The summed E-state index contributed by atoms with van der Waals surface area (Å²) in [5.41, 5.74) is 1.05. The maximum atomic E-state index is 9.16. The summed E-state index contributed by atoms with van der Waals surface area (Å²) in [5, 5.41) is 12.6. The number of hydrogen-bond acceptors (Lipinski definition) is 3. The van der Waals surface area contributed by atoms with Crippen LogP contribution in [0.2, 0.25) is 0 Å². The van der Waals surface area contributed by atoms with Crippen molar-refractivity contribution in [1.29, 1.82) is 5.26 Å². The summed E-state index contributed by atoms with van der Waals surface area (Å²) < 4.78 is 5.48. The van der Waals surface area contributed by atoms with E-state index in [0.717, 1.165) is 24.3 Å². The molecule has 1 aliphatic rings. The van der Waals surface area contributed by atoms with Gasteiger partial charge in [0.1, 0.15) is 5.75 Å². The molecule has 0 aromatic heterocycles. The molecule has 2 unspecified atom stereocenters. The molecule has 0 aliphatic heterocycles. The molecule has 1 saturated carbocycles. The van der Waals surface area contributed by atoms with Gasteiger partial charge in [0.05, 0.1) is 18.6 Å². The van der Waals surface area contributed by atoms with Gasteiger partial charge in [-0.3, -0.25) is 0 Å². The first-order chi connectivity index (χ1) is 8.83. The van der Waals surface area contributed by atoms with Gasteiger partial charge in [-0.15, -0.1) is 0 Å². The topological polar surface area (TPSA) is 45.0 Å². The minimum Gasteiger partial charge on any atom is -0.494 e. The highest BCUT2D eigenvalue weighted by molar-refractivity contribution is 5.49. The highest BCUT2D eigenvalue weighted by atomic mass is 16.5. The quantitative estimate of drug-likeness (QED) is 0.880. The van der Waals surface area contributed by atoms with Gasteiger partial charge in [0.2, 0.25) is 0 Å². The normalized spacial score (nSPS) is 23.1. The predicted octanol–water partition coefficient (Wildman–Crippen LogP) is 3.58. The van der Waals surface area contributed by atoms with Crippen LogP contribution in [-0.4, -0.2) is 12.6 Å². The smallest absolute Gasteiger partial charge is 0.121 e. The van der Waals surface area contributed by atoms with Crippen molar-refractivity contribution in [3.8, 4) is 11.8 Å². The summed E-state index contributed by atoms with van der Waals surface area (Å²) in [4.78, 5) is 0. The fraction of sp³-hybridized carbons (Fsp3) is 0.533. The molecule has 0 amide bonds. The average Bonchev–Trinajstić information content (AvgIpc) is 2.40. The van der Waals surface area contributed by atoms with E-state index in [0.29, 0.717) is 6.61 Å². The molecule has 1 aliphatic carbocycles. The third-order valence-corrected chi connectivity index (χ3v) is 3.43. The van der Waals surface area contributed by atoms with Crippen LogP contribution in [0, 0.1) is 17.2 Å². The molecule has 0 bridgehead atoms. The number of hydrogen-bond donors (Lipinski definition) is 1. The van der Waals surface area contributed by atoms with Crippen molar-refractivity contribution in [2.75, 3.05) is 11.9 Å². The van der Waals surface area contributed by atoms with E-state index in [-0.39, 0.29) is 12.0 Å². The molecule has 2 atom stereocenters. The lowest BCUT2D eigenvalue weighted by Gasteiger charge is -2.28. The molecule has 96 valence electrons. The van der Waals surface area contributed by atoms with Crippen molar-refractivity contribution in [2.24, 2.45) is 5.92 Å². The zero-order valence-corrected chi connectivity index (χ0v) is 10.9. The van der Waals surface area contributed by atoms with E-state index in [1.807, 2.05) is 31.2 Å². The lowest BCUT2D eigenvalue weighted by Crippen LogP contribution is -2.31. The first-order valence-electron chi connectivity index (χ1n) is 6.72. The van der Waals surface area contributed by atoms with Gasteiger partial charge in [0.25, 0.3) is 0 Å². The predicted molar refractivity (Wildman–Crippen MR) is 72.6 cm³/mol. The molecule has 1 fully saturated rings. The molecule has 18 heavy (non-hydrogen) atoms. The molecule has 0 saturated heterocycles. The number of anilines is 1. The van der Waals surface area contributed by atoms with Crippen LogP contribution >= 0.6 is 0 Å². The van der Waals surface area contributed by atoms with Crippen LogP contribution in [0.5, 0.6) is 5.75 Å². The third kappa shape index (κ3) is 3.16. The Morgan fingerprint density at radius 2 is 2.22 bits per heavy atom. The maximum absolute atomic E-state index is 9.16. The standard InChI is InChI=1S/C15H20N2O/c1-2-18-14-8-5-7-13(10-14)17-15-9-4-3-6-12(15)11-16/h5,7-8,10,12,15,17H,2-4,6,9H2,1H3. The molecule has 0 spiro atoms. The minimum absolute atomic E-state index is 0.134. The molecule has 0 heterocycles. The summed E-state index contributed by atoms with van der Waals surface area (Å²) in [6.07, 6.45) is 4.48. The van der Waals surface area contributed by atoms with Gasteiger partial charge in [0, 0.05) is 17.8 Å². The van der Waals surface area contributed by atoms with Crippen molar-refractivity contribution in [3.63, 3.8) is 0 Å². The Hall–Kier alpha value is -1.69. The van der Waals surface area contributed by atoms with Gasteiger partial charge < -0.3 is 10.1 Å². The monoisotopic (exact) mass is 244 g/mol. The van der Waals surface area contributed by atoms with Crippen LogP contribution in [0.15, 0.2) is 24.3 Å². The number of ether oxygens (including phenoxy) is 1. The zero-order valence-electron chi connectivity index (χ0n) is 10.9. The Balaban J connectivity index is 2.03. The number of nitrogens with zero attached hydrogens (tertiary/aromatic N) is 1. The van der Waals surface area contributed by atoms with E-state index in [4.69, 9.17) is 10.00 Å². The van der Waals surface area contributed by atoms with E-state index in [2.05, 4.69) is 11.4 Å². The second-order valence-electron chi connectivity index (χ2n) is 4.73. The second kappa shape index (κ2) is 6.30. The Bertz CT molecular complexity index is 425. The number of rotatable bonds is 4. The molecule has 2 rings (SSSR count). The van der Waals surface area contributed by atoms with E-state index >= 15 is 0 Å². The SMILES string of the molecule is CCOc1cccc(NC2CCCCC2C#N)c1. The summed E-state index contributed by atoms with van der Waals surface area (Å²) in [5.74, 6) is 1.02. The number of nitriles is 1. The van der Waals surface area contributed by atoms with Crippen molar-refractivity contribution < 1.29 is 4.74 Å². The molecule has 3 nitrogen and oxygen atoms in total. The molecular formula is C15H20N2O. The second-order valence-corrected chi connectivity index (χ2v) is 4.73. The van der Waals surface area contributed by atoms with E-state index in [9.17, 15) is 0 Å². The largest absolute Gasteiger partial charge is 0.494 e. The fourth-order valence-electron chi connectivity index (χ4n) is 2.51. The Labute approximate surface area is 109 Å². The van der Waals surface area contributed by atoms with Crippen LogP contribution < -0.4 is 10.1 Å². The number of benzene rings is 1. The highest BCUT2D eigenvalue weighted by Crippen LogP contribution is 2.27. The molecule has 1 aromatic rings. The average molecular weight is 244 g/mol. The Morgan fingerprint density at radius 1 is 1.39 bits per heavy atom. The molecule has 1 aromatic carbocycles. The van der Waals surface area contributed by atoms with Crippen molar-refractivity contribution >= 4 is 5.69 Å². The maximum Gasteiger partial charge on any atom is 0.121 e. The van der Waals surface area contributed by atoms with E-state index < -0.39 is 0 Å². The minimum atomic E-state index is 0.134. The zero-order chi connectivity index (χ0) is 12.8. The molecule has 1 N–H and O–H groups in total. The molecule has 0 radical (unpaired) electrons. The molecule has 3 heteroatoms. The summed E-state index contributed by atoms with van der Waals surface area (Å²) in [6.45, 7) is 2.65. The van der Waals surface area contributed by atoms with Gasteiger partial charge in [-0.25, -0.2) is 0 Å². The lowest BCUT2D eigenvalue weighted by atomic mass is 9.85. The van der Waals surface area contributed by atoms with E-state index in [1.165, 1.54) is 12.8 Å². The van der Waals surface area contributed by atoms with Gasteiger partial charge in [-0.1, -0.05) is 18.9 Å². The molecular weight excluding hydrogens is 224 g/mol. The fourth-order valence-corrected chi connectivity index (χ4v) is 2.51. The van der Waals surface area contributed by atoms with Crippen molar-refractivity contribution in [3.05, 3.63) is 24.3 Å². The van der Waals surface area contributed by atoms with Crippen LogP contribution in [0.1, 0.15) is 32.6 Å². The van der Waals surface area contributed by atoms with Gasteiger partial charge in [0.15, 0.2) is 0 Å².